The van der Waals surface area contributed by atoms with Crippen molar-refractivity contribution in [2.45, 2.75) is 31.4 Å². The molecule has 2 aromatic rings. The van der Waals surface area contributed by atoms with Crippen molar-refractivity contribution >= 4 is 35.2 Å². The Kier molecular flexibility index (Phi) is 5.99. The summed E-state index contributed by atoms with van der Waals surface area (Å²) in [6, 6.07) is 8.30. The van der Waals surface area contributed by atoms with Gasteiger partial charge in [-0.1, -0.05) is 0 Å². The molecule has 1 aromatic heterocycles. The quantitative estimate of drug-likeness (QED) is 0.289. The van der Waals surface area contributed by atoms with Gasteiger partial charge in [-0.2, -0.15) is 0 Å². The number of rotatable bonds is 7. The molecule has 2 atom stereocenters. The lowest BCUT2D eigenvalue weighted by Gasteiger charge is -2.49. The van der Waals surface area contributed by atoms with Crippen molar-refractivity contribution in [1.82, 2.24) is 10.2 Å². The number of fused-ring (bicyclic) bond motifs is 1. The average molecular weight is 457 g/mol. The number of furan rings is 1. The number of nitro benzene ring substituents is 1. The minimum atomic E-state index is -0.729. The third-order valence-corrected chi connectivity index (χ3v) is 6.52. The molecule has 4 rings (SSSR count). The highest BCUT2D eigenvalue weighted by molar-refractivity contribution is 8.00. The fourth-order valence-corrected chi connectivity index (χ4v) is 4.78. The van der Waals surface area contributed by atoms with Crippen LogP contribution in [0.15, 0.2) is 58.3 Å². The maximum Gasteiger partial charge on any atom is 0.355 e. The summed E-state index contributed by atoms with van der Waals surface area (Å²) in [5.41, 5.74) is 1.41. The van der Waals surface area contributed by atoms with Crippen molar-refractivity contribution in [2.24, 2.45) is 0 Å². The number of β-lactam (4-membered cyclic amide) rings is 1. The minimum absolute atomic E-state index is 0.0210. The van der Waals surface area contributed by atoms with Crippen LogP contribution in [0.2, 0.25) is 0 Å². The molecular formula is C21H19N3O7S. The van der Waals surface area contributed by atoms with E-state index in [2.05, 4.69) is 5.32 Å². The van der Waals surface area contributed by atoms with Crippen molar-refractivity contribution in [2.75, 3.05) is 5.75 Å². The topological polar surface area (TPSA) is 132 Å². The molecule has 10 nitrogen and oxygen atoms in total. The Morgan fingerprint density at radius 1 is 1.31 bits per heavy atom. The largest absolute Gasteiger partial charge is 0.469 e. The zero-order valence-corrected chi connectivity index (χ0v) is 17.8. The number of benzene rings is 1. The van der Waals surface area contributed by atoms with Gasteiger partial charge in [-0.25, -0.2) is 4.79 Å². The van der Waals surface area contributed by atoms with E-state index in [0.29, 0.717) is 22.6 Å². The number of carbonyl (C=O) groups is 3. The molecule has 1 fully saturated rings. The third-order valence-electron chi connectivity index (χ3n) is 5.10. The van der Waals surface area contributed by atoms with Crippen molar-refractivity contribution in [3.8, 4) is 0 Å². The Balaban J connectivity index is 1.38. The Morgan fingerprint density at radius 2 is 2.06 bits per heavy atom. The summed E-state index contributed by atoms with van der Waals surface area (Å²) in [5, 5.41) is 13.1. The van der Waals surface area contributed by atoms with Gasteiger partial charge in [-0.3, -0.25) is 24.6 Å². The molecule has 1 unspecified atom stereocenters. The molecule has 1 saturated heterocycles. The van der Waals surface area contributed by atoms with Gasteiger partial charge in [-0.15, -0.1) is 11.8 Å². The van der Waals surface area contributed by atoms with Crippen LogP contribution in [0.5, 0.6) is 0 Å². The van der Waals surface area contributed by atoms with Crippen molar-refractivity contribution < 1.29 is 28.5 Å². The minimum Gasteiger partial charge on any atom is -0.469 e. The van der Waals surface area contributed by atoms with Crippen LogP contribution in [0.3, 0.4) is 0 Å². The molecule has 11 heteroatoms. The Hall–Kier alpha value is -3.60. The standard InChI is InChI=1S/C21H19N3O7S/c1-12-11-32-20-17(22-16(25)9-15-3-2-8-30-15)19(26)23(20)18(12)21(27)31-10-13-4-6-14(7-5-13)24(28)29/h2-8,17,20H,9-11H2,1H3,(H,22,25)/t17?,20-/m0/s1. The summed E-state index contributed by atoms with van der Waals surface area (Å²) in [6.45, 7) is 1.67. The lowest BCUT2D eigenvalue weighted by Crippen LogP contribution is -2.70. The van der Waals surface area contributed by atoms with E-state index in [1.807, 2.05) is 0 Å². The Morgan fingerprint density at radius 3 is 2.72 bits per heavy atom. The lowest BCUT2D eigenvalue weighted by atomic mass is 10.0. The number of thioether (sulfide) groups is 1. The average Bonchev–Trinajstić information content (AvgIpc) is 3.28. The molecule has 32 heavy (non-hydrogen) atoms. The van der Waals surface area contributed by atoms with E-state index in [9.17, 15) is 24.5 Å². The predicted octanol–water partition coefficient (Wildman–Crippen LogP) is 2.15. The first-order valence-electron chi connectivity index (χ1n) is 9.72. The normalized spacial score (nSPS) is 19.8. The second-order valence-electron chi connectivity index (χ2n) is 7.34. The highest BCUT2D eigenvalue weighted by Crippen LogP contribution is 2.40. The third kappa shape index (κ3) is 4.24. The number of non-ortho nitro benzene ring substituents is 1. The number of ether oxygens (including phenoxy) is 1. The van der Waals surface area contributed by atoms with Gasteiger partial charge in [0, 0.05) is 17.9 Å². The lowest BCUT2D eigenvalue weighted by molar-refractivity contribution is -0.384. The number of nitrogens with zero attached hydrogens (tertiary/aromatic N) is 2. The molecule has 2 aliphatic rings. The van der Waals surface area contributed by atoms with Crippen LogP contribution in [0.4, 0.5) is 5.69 Å². The van der Waals surface area contributed by atoms with E-state index in [0.717, 1.165) is 0 Å². The van der Waals surface area contributed by atoms with Crippen LogP contribution in [-0.4, -0.2) is 44.8 Å². The molecule has 166 valence electrons. The zero-order valence-electron chi connectivity index (χ0n) is 17.0. The summed E-state index contributed by atoms with van der Waals surface area (Å²) in [6.07, 6.45) is 1.49. The molecule has 0 saturated carbocycles. The number of hydrogen-bond donors (Lipinski definition) is 1. The highest BCUT2D eigenvalue weighted by Gasteiger charge is 2.53. The summed E-state index contributed by atoms with van der Waals surface area (Å²) < 4.78 is 10.5. The fourth-order valence-electron chi connectivity index (χ4n) is 3.49. The highest BCUT2D eigenvalue weighted by atomic mass is 32.2. The monoisotopic (exact) mass is 457 g/mol. The number of amides is 2. The second kappa shape index (κ2) is 8.87. The van der Waals surface area contributed by atoms with Crippen LogP contribution < -0.4 is 5.32 Å². The van der Waals surface area contributed by atoms with Crippen molar-refractivity contribution in [3.63, 3.8) is 0 Å². The van der Waals surface area contributed by atoms with Gasteiger partial charge in [0.1, 0.15) is 29.5 Å². The summed E-state index contributed by atoms with van der Waals surface area (Å²) in [5.74, 6) is -0.363. The van der Waals surface area contributed by atoms with Gasteiger partial charge < -0.3 is 14.5 Å². The zero-order chi connectivity index (χ0) is 22.8. The van der Waals surface area contributed by atoms with Crippen molar-refractivity contribution in [3.05, 3.63) is 75.4 Å². The van der Waals surface area contributed by atoms with Gasteiger partial charge in [0.25, 0.3) is 11.6 Å². The SMILES string of the molecule is CC1=C(C(=O)OCc2ccc([N+](=O)[O-])cc2)N2C(=O)C(NC(=O)Cc3ccco3)[C@@H]2SC1. The molecule has 3 heterocycles. The van der Waals surface area contributed by atoms with Gasteiger partial charge in [-0.05, 0) is 42.3 Å². The van der Waals surface area contributed by atoms with E-state index in [-0.39, 0.29) is 36.2 Å². The Bertz CT molecular complexity index is 1100. The Labute approximate surface area is 186 Å². The van der Waals surface area contributed by atoms with Crippen LogP contribution in [0, 0.1) is 10.1 Å². The van der Waals surface area contributed by atoms with Crippen LogP contribution in [0.1, 0.15) is 18.2 Å². The van der Waals surface area contributed by atoms with Gasteiger partial charge >= 0.3 is 5.97 Å². The summed E-state index contributed by atoms with van der Waals surface area (Å²) in [7, 11) is 0. The first-order chi connectivity index (χ1) is 15.3. The molecule has 1 N–H and O–H groups in total. The van der Waals surface area contributed by atoms with Gasteiger partial charge in [0.2, 0.25) is 5.91 Å². The molecule has 1 aromatic carbocycles. The molecule has 0 aliphatic carbocycles. The molecule has 2 amide bonds. The predicted molar refractivity (Wildman–Crippen MR) is 113 cm³/mol. The van der Waals surface area contributed by atoms with E-state index in [4.69, 9.17) is 9.15 Å². The molecular weight excluding hydrogens is 438 g/mol. The first kappa shape index (κ1) is 21.6. The fraction of sp³-hybridized carbons (Fsp3) is 0.286. The van der Waals surface area contributed by atoms with E-state index in [1.54, 1.807) is 19.1 Å². The number of nitrogens with one attached hydrogen (secondary N) is 1. The maximum atomic E-state index is 12.7. The number of hydrogen-bond acceptors (Lipinski definition) is 8. The molecule has 0 radical (unpaired) electrons. The van der Waals surface area contributed by atoms with E-state index in [1.165, 1.54) is 47.2 Å². The van der Waals surface area contributed by atoms with Crippen molar-refractivity contribution in [1.29, 1.82) is 0 Å². The summed E-state index contributed by atoms with van der Waals surface area (Å²) in [4.78, 5) is 49.3. The van der Waals surface area contributed by atoms with Crippen LogP contribution >= 0.6 is 11.8 Å². The van der Waals surface area contributed by atoms with Gasteiger partial charge in [0.15, 0.2) is 0 Å². The number of carbonyl (C=O) groups excluding carboxylic acids is 3. The van der Waals surface area contributed by atoms with E-state index >= 15 is 0 Å². The smallest absolute Gasteiger partial charge is 0.355 e. The summed E-state index contributed by atoms with van der Waals surface area (Å²) >= 11 is 1.46. The second-order valence-corrected chi connectivity index (χ2v) is 8.44. The number of nitro groups is 1. The first-order valence-corrected chi connectivity index (χ1v) is 10.8. The maximum absolute atomic E-state index is 12.7. The number of esters is 1. The molecule has 0 bridgehead atoms. The molecule has 0 spiro atoms. The van der Waals surface area contributed by atoms with E-state index < -0.39 is 22.3 Å². The van der Waals surface area contributed by atoms with Crippen LogP contribution in [0.25, 0.3) is 0 Å². The van der Waals surface area contributed by atoms with Crippen LogP contribution in [-0.2, 0) is 32.1 Å². The molecule has 2 aliphatic heterocycles. The van der Waals surface area contributed by atoms with Gasteiger partial charge in [0.05, 0.1) is 17.6 Å².